The van der Waals surface area contributed by atoms with Crippen molar-refractivity contribution in [3.8, 4) is 0 Å². The third kappa shape index (κ3) is 2.69. The lowest BCUT2D eigenvalue weighted by Gasteiger charge is -2.27. The van der Waals surface area contributed by atoms with Crippen molar-refractivity contribution in [2.45, 2.75) is 51.1 Å². The Balaban J connectivity index is 2.44. The van der Waals surface area contributed by atoms with Crippen LogP contribution >= 0.6 is 0 Å². The summed E-state index contributed by atoms with van der Waals surface area (Å²) in [5.41, 5.74) is -0.538. The second-order valence-corrected chi connectivity index (χ2v) is 4.24. The first kappa shape index (κ1) is 10.5. The van der Waals surface area contributed by atoms with Crippen LogP contribution in [0.3, 0.4) is 0 Å². The molecule has 1 aliphatic carbocycles. The van der Waals surface area contributed by atoms with Gasteiger partial charge in [-0.05, 0) is 26.7 Å². The van der Waals surface area contributed by atoms with Crippen molar-refractivity contribution < 1.29 is 9.53 Å². The van der Waals surface area contributed by atoms with E-state index in [1.54, 1.807) is 0 Å². The van der Waals surface area contributed by atoms with Gasteiger partial charge in [-0.25, -0.2) is 0 Å². The third-order valence-electron chi connectivity index (χ3n) is 2.62. The van der Waals surface area contributed by atoms with Crippen molar-refractivity contribution in [2.75, 3.05) is 7.11 Å². The average Bonchev–Trinajstić information content (AvgIpc) is 2.54. The van der Waals surface area contributed by atoms with Gasteiger partial charge in [0.1, 0.15) is 5.54 Å². The maximum atomic E-state index is 11.3. The van der Waals surface area contributed by atoms with Crippen molar-refractivity contribution in [1.29, 1.82) is 0 Å². The van der Waals surface area contributed by atoms with Crippen LogP contribution in [0.1, 0.15) is 39.5 Å². The minimum absolute atomic E-state index is 0.181. The third-order valence-corrected chi connectivity index (χ3v) is 2.62. The van der Waals surface area contributed by atoms with Crippen molar-refractivity contribution in [3.05, 3.63) is 0 Å². The summed E-state index contributed by atoms with van der Waals surface area (Å²) in [6.45, 7) is 3.74. The zero-order chi connectivity index (χ0) is 9.90. The highest BCUT2D eigenvalue weighted by Crippen LogP contribution is 2.20. The molecule has 0 aliphatic heterocycles. The molecular weight excluding hydrogens is 166 g/mol. The number of hydrogen-bond donors (Lipinski definition) is 1. The summed E-state index contributed by atoms with van der Waals surface area (Å²) in [5, 5.41) is 3.33. The number of methoxy groups -OCH3 is 1. The Morgan fingerprint density at radius 1 is 1.38 bits per heavy atom. The van der Waals surface area contributed by atoms with E-state index in [0.717, 1.165) is 0 Å². The molecule has 1 saturated carbocycles. The highest BCUT2D eigenvalue weighted by molar-refractivity contribution is 5.79. The number of esters is 1. The maximum Gasteiger partial charge on any atom is 0.325 e. The number of rotatable bonds is 3. The first-order valence-electron chi connectivity index (χ1n) is 4.92. The lowest BCUT2D eigenvalue weighted by atomic mass is 10.0. The highest BCUT2D eigenvalue weighted by atomic mass is 16.5. The molecule has 13 heavy (non-hydrogen) atoms. The zero-order valence-corrected chi connectivity index (χ0v) is 8.72. The molecule has 0 aromatic heterocycles. The summed E-state index contributed by atoms with van der Waals surface area (Å²) in [6, 6.07) is 0.495. The molecule has 0 saturated heterocycles. The first-order chi connectivity index (χ1) is 6.06. The van der Waals surface area contributed by atoms with Crippen LogP contribution in [0.5, 0.6) is 0 Å². The van der Waals surface area contributed by atoms with Gasteiger partial charge >= 0.3 is 5.97 Å². The van der Waals surface area contributed by atoms with Crippen molar-refractivity contribution in [1.82, 2.24) is 5.32 Å². The summed E-state index contributed by atoms with van der Waals surface area (Å²) in [6.07, 6.45) is 4.91. The van der Waals surface area contributed by atoms with Gasteiger partial charge in [0.05, 0.1) is 7.11 Å². The topological polar surface area (TPSA) is 38.3 Å². The van der Waals surface area contributed by atoms with Gasteiger partial charge in [-0.2, -0.15) is 0 Å². The average molecular weight is 185 g/mol. The second-order valence-electron chi connectivity index (χ2n) is 4.24. The van der Waals surface area contributed by atoms with Gasteiger partial charge in [0.25, 0.3) is 0 Å². The Morgan fingerprint density at radius 3 is 2.38 bits per heavy atom. The van der Waals surface area contributed by atoms with E-state index in [4.69, 9.17) is 4.74 Å². The standard InChI is InChI=1S/C10H19NO2/c1-10(2,9(12)13-3)11-8-6-4-5-7-8/h8,11H,4-7H2,1-3H3. The van der Waals surface area contributed by atoms with Crippen LogP contribution in [-0.4, -0.2) is 24.7 Å². The lowest BCUT2D eigenvalue weighted by molar-refractivity contribution is -0.147. The molecule has 0 radical (unpaired) electrons. The molecule has 3 heteroatoms. The molecule has 0 bridgehead atoms. The quantitative estimate of drug-likeness (QED) is 0.677. The molecular formula is C10H19NO2. The normalized spacial score (nSPS) is 19.0. The van der Waals surface area contributed by atoms with Gasteiger partial charge < -0.3 is 4.74 Å². The SMILES string of the molecule is COC(=O)C(C)(C)NC1CCCC1. The summed E-state index contributed by atoms with van der Waals surface area (Å²) in [4.78, 5) is 11.3. The van der Waals surface area contributed by atoms with Gasteiger partial charge in [-0.3, -0.25) is 10.1 Å². The monoisotopic (exact) mass is 185 g/mol. The molecule has 3 nitrogen and oxygen atoms in total. The van der Waals surface area contributed by atoms with Crippen LogP contribution in [0, 0.1) is 0 Å². The number of ether oxygens (including phenoxy) is 1. The van der Waals surface area contributed by atoms with E-state index >= 15 is 0 Å². The molecule has 0 heterocycles. The molecule has 1 N–H and O–H groups in total. The van der Waals surface area contributed by atoms with Crippen LogP contribution in [0.2, 0.25) is 0 Å². The number of hydrogen-bond acceptors (Lipinski definition) is 3. The van der Waals surface area contributed by atoms with Crippen LogP contribution in [0.15, 0.2) is 0 Å². The minimum Gasteiger partial charge on any atom is -0.468 e. The van der Waals surface area contributed by atoms with Crippen LogP contribution in [0.4, 0.5) is 0 Å². The van der Waals surface area contributed by atoms with Gasteiger partial charge in [0.15, 0.2) is 0 Å². The maximum absolute atomic E-state index is 11.3. The van der Waals surface area contributed by atoms with E-state index < -0.39 is 5.54 Å². The molecule has 0 amide bonds. The Labute approximate surface area is 79.8 Å². The van der Waals surface area contributed by atoms with Crippen molar-refractivity contribution in [3.63, 3.8) is 0 Å². The van der Waals surface area contributed by atoms with Crippen molar-refractivity contribution in [2.24, 2.45) is 0 Å². The van der Waals surface area contributed by atoms with E-state index in [9.17, 15) is 4.79 Å². The Kier molecular flexibility index (Phi) is 3.31. The summed E-state index contributed by atoms with van der Waals surface area (Å²) in [5.74, 6) is -0.181. The van der Waals surface area contributed by atoms with E-state index in [1.165, 1.54) is 32.8 Å². The molecule has 0 aromatic carbocycles. The highest BCUT2D eigenvalue weighted by Gasteiger charge is 2.31. The summed E-state index contributed by atoms with van der Waals surface area (Å²) >= 11 is 0. The predicted molar refractivity (Wildman–Crippen MR) is 51.5 cm³/mol. The predicted octanol–water partition coefficient (Wildman–Crippen LogP) is 1.47. The minimum atomic E-state index is -0.538. The first-order valence-corrected chi connectivity index (χ1v) is 4.92. The Bertz CT molecular complexity index is 183. The molecule has 76 valence electrons. The molecule has 0 spiro atoms. The second kappa shape index (κ2) is 4.09. The van der Waals surface area contributed by atoms with Crippen molar-refractivity contribution >= 4 is 5.97 Å². The fourth-order valence-corrected chi connectivity index (χ4v) is 1.89. The Hall–Kier alpha value is -0.570. The van der Waals surface area contributed by atoms with Crippen LogP contribution < -0.4 is 5.32 Å². The van der Waals surface area contributed by atoms with Crippen LogP contribution in [-0.2, 0) is 9.53 Å². The van der Waals surface area contributed by atoms with Crippen LogP contribution in [0.25, 0.3) is 0 Å². The molecule has 1 fully saturated rings. The molecule has 1 rings (SSSR count). The zero-order valence-electron chi connectivity index (χ0n) is 8.72. The summed E-state index contributed by atoms with van der Waals surface area (Å²) in [7, 11) is 1.43. The van der Waals surface area contributed by atoms with Gasteiger partial charge in [-0.1, -0.05) is 12.8 Å². The molecule has 1 aliphatic rings. The smallest absolute Gasteiger partial charge is 0.325 e. The van der Waals surface area contributed by atoms with E-state index in [0.29, 0.717) is 6.04 Å². The largest absolute Gasteiger partial charge is 0.468 e. The van der Waals surface area contributed by atoms with Gasteiger partial charge in [0.2, 0.25) is 0 Å². The molecule has 0 atom stereocenters. The lowest BCUT2D eigenvalue weighted by Crippen LogP contribution is -2.51. The van der Waals surface area contributed by atoms with Gasteiger partial charge in [0, 0.05) is 6.04 Å². The molecule has 0 unspecified atom stereocenters. The summed E-state index contributed by atoms with van der Waals surface area (Å²) < 4.78 is 4.72. The fraction of sp³-hybridized carbons (Fsp3) is 0.900. The Morgan fingerprint density at radius 2 is 1.92 bits per heavy atom. The van der Waals surface area contributed by atoms with E-state index in [-0.39, 0.29) is 5.97 Å². The van der Waals surface area contributed by atoms with Gasteiger partial charge in [-0.15, -0.1) is 0 Å². The number of nitrogens with one attached hydrogen (secondary N) is 1. The number of carbonyl (C=O) groups excluding carboxylic acids is 1. The van der Waals surface area contributed by atoms with E-state index in [1.807, 2.05) is 13.8 Å². The number of carbonyl (C=O) groups is 1. The fourth-order valence-electron chi connectivity index (χ4n) is 1.89. The molecule has 0 aromatic rings. The van der Waals surface area contributed by atoms with E-state index in [2.05, 4.69) is 5.32 Å².